The van der Waals surface area contributed by atoms with Crippen molar-refractivity contribution in [2.45, 2.75) is 26.2 Å². The second-order valence-corrected chi connectivity index (χ2v) is 3.27. The third kappa shape index (κ3) is 3.53. The van der Waals surface area contributed by atoms with E-state index in [2.05, 4.69) is 17.2 Å². The Balaban J connectivity index is 2.56. The summed E-state index contributed by atoms with van der Waals surface area (Å²) >= 11 is 0. The molecular weight excluding hydrogens is 194 g/mol. The molecule has 0 saturated carbocycles. The molecule has 1 aromatic rings. The van der Waals surface area contributed by atoms with Crippen LogP contribution in [0.4, 0.5) is 11.5 Å². The van der Waals surface area contributed by atoms with Crippen molar-refractivity contribution in [2.75, 3.05) is 11.9 Å². The summed E-state index contributed by atoms with van der Waals surface area (Å²) in [5, 5.41) is 13.6. The molecule has 0 radical (unpaired) electrons. The number of rotatable bonds is 6. The average molecular weight is 209 g/mol. The Labute approximate surface area is 88.7 Å². The highest BCUT2D eigenvalue weighted by Gasteiger charge is 2.12. The first-order valence-corrected chi connectivity index (χ1v) is 5.09. The largest absolute Gasteiger partial charge is 0.386 e. The van der Waals surface area contributed by atoms with Gasteiger partial charge in [0.05, 0.1) is 0 Å². The molecule has 0 aliphatic carbocycles. The smallest absolute Gasteiger partial charge is 0.378 e. The van der Waals surface area contributed by atoms with Crippen LogP contribution in [0.3, 0.4) is 0 Å². The minimum absolute atomic E-state index is 0.103. The Kier molecular flexibility index (Phi) is 4.53. The minimum Gasteiger partial charge on any atom is -0.378 e. The zero-order valence-corrected chi connectivity index (χ0v) is 8.77. The summed E-state index contributed by atoms with van der Waals surface area (Å²) in [5.74, 6) is -0.103. The van der Waals surface area contributed by atoms with E-state index < -0.39 is 4.92 Å². The molecule has 82 valence electrons. The zero-order valence-electron chi connectivity index (χ0n) is 8.77. The van der Waals surface area contributed by atoms with Crippen LogP contribution >= 0.6 is 0 Å². The van der Waals surface area contributed by atoms with E-state index >= 15 is 0 Å². The van der Waals surface area contributed by atoms with Crippen LogP contribution in [-0.2, 0) is 0 Å². The van der Waals surface area contributed by atoms with Crippen LogP contribution in [-0.4, -0.2) is 16.5 Å². The van der Waals surface area contributed by atoms with Gasteiger partial charge in [0.2, 0.25) is 0 Å². The van der Waals surface area contributed by atoms with E-state index in [9.17, 15) is 10.1 Å². The Morgan fingerprint density at radius 3 is 3.00 bits per heavy atom. The molecule has 0 aliphatic rings. The van der Waals surface area contributed by atoms with E-state index in [-0.39, 0.29) is 5.82 Å². The van der Waals surface area contributed by atoms with Gasteiger partial charge in [-0.25, -0.2) is 0 Å². The Morgan fingerprint density at radius 1 is 1.53 bits per heavy atom. The van der Waals surface area contributed by atoms with Gasteiger partial charge in [-0.2, -0.15) is 0 Å². The van der Waals surface area contributed by atoms with Gasteiger partial charge in [0, 0.05) is 6.54 Å². The number of hydrogen-bond donors (Lipinski definition) is 1. The maximum Gasteiger partial charge on any atom is 0.386 e. The number of anilines is 1. The predicted octanol–water partition coefficient (Wildman–Crippen LogP) is 2.59. The summed E-state index contributed by atoms with van der Waals surface area (Å²) in [7, 11) is 0. The molecule has 5 heteroatoms. The van der Waals surface area contributed by atoms with Gasteiger partial charge in [0.1, 0.15) is 11.9 Å². The SMILES string of the molecule is CCCCCNc1cccnc1[N+](=O)[O-]. The van der Waals surface area contributed by atoms with Crippen molar-refractivity contribution >= 4 is 11.5 Å². The first-order valence-electron chi connectivity index (χ1n) is 5.09. The van der Waals surface area contributed by atoms with Crippen LogP contribution in [0.15, 0.2) is 18.3 Å². The molecular formula is C10H15N3O2. The number of aromatic nitrogens is 1. The fourth-order valence-electron chi connectivity index (χ4n) is 1.28. The quantitative estimate of drug-likeness (QED) is 0.444. The number of unbranched alkanes of at least 4 members (excludes halogenated alkanes) is 2. The van der Waals surface area contributed by atoms with Crippen molar-refractivity contribution in [3.05, 3.63) is 28.4 Å². The Hall–Kier alpha value is -1.65. The third-order valence-corrected chi connectivity index (χ3v) is 2.06. The highest BCUT2D eigenvalue weighted by molar-refractivity contribution is 5.56. The van der Waals surface area contributed by atoms with Crippen LogP contribution in [0.1, 0.15) is 26.2 Å². The topological polar surface area (TPSA) is 68.1 Å². The minimum atomic E-state index is -0.470. The Morgan fingerprint density at radius 2 is 2.33 bits per heavy atom. The highest BCUT2D eigenvalue weighted by atomic mass is 16.6. The van der Waals surface area contributed by atoms with Crippen molar-refractivity contribution in [3.63, 3.8) is 0 Å². The molecule has 0 aliphatic heterocycles. The van der Waals surface area contributed by atoms with Crippen molar-refractivity contribution in [3.8, 4) is 0 Å². The summed E-state index contributed by atoms with van der Waals surface area (Å²) in [6, 6.07) is 3.37. The lowest BCUT2D eigenvalue weighted by molar-refractivity contribution is -0.388. The standard InChI is InChI=1S/C10H15N3O2/c1-2-3-4-7-11-9-6-5-8-12-10(9)13(14)15/h5-6,8,11H,2-4,7H2,1H3. The summed E-state index contributed by atoms with van der Waals surface area (Å²) in [6.07, 6.45) is 4.70. The number of nitrogens with one attached hydrogen (secondary N) is 1. The third-order valence-electron chi connectivity index (χ3n) is 2.06. The Bertz CT molecular complexity index is 328. The van der Waals surface area contributed by atoms with E-state index in [1.54, 1.807) is 12.1 Å². The van der Waals surface area contributed by atoms with Crippen LogP contribution in [0.2, 0.25) is 0 Å². The normalized spacial score (nSPS) is 9.93. The van der Waals surface area contributed by atoms with Gasteiger partial charge in [0.15, 0.2) is 0 Å². The highest BCUT2D eigenvalue weighted by Crippen LogP contribution is 2.19. The molecule has 5 nitrogen and oxygen atoms in total. The summed E-state index contributed by atoms with van der Waals surface area (Å²) in [4.78, 5) is 13.9. The van der Waals surface area contributed by atoms with E-state index in [1.807, 2.05) is 0 Å². The van der Waals surface area contributed by atoms with Crippen molar-refractivity contribution in [2.24, 2.45) is 0 Å². The lowest BCUT2D eigenvalue weighted by atomic mass is 10.2. The molecule has 0 fully saturated rings. The van der Waals surface area contributed by atoms with E-state index in [1.165, 1.54) is 6.20 Å². The molecule has 0 amide bonds. The predicted molar refractivity (Wildman–Crippen MR) is 58.9 cm³/mol. The molecule has 0 aromatic carbocycles. The fourth-order valence-corrected chi connectivity index (χ4v) is 1.28. The molecule has 1 N–H and O–H groups in total. The molecule has 0 unspecified atom stereocenters. The summed E-state index contributed by atoms with van der Waals surface area (Å²) in [5.41, 5.74) is 0.499. The molecule has 15 heavy (non-hydrogen) atoms. The van der Waals surface area contributed by atoms with Crippen LogP contribution < -0.4 is 5.32 Å². The number of nitro groups is 1. The van der Waals surface area contributed by atoms with Gasteiger partial charge < -0.3 is 15.4 Å². The fraction of sp³-hybridized carbons (Fsp3) is 0.500. The molecule has 0 spiro atoms. The first kappa shape index (κ1) is 11.4. The monoisotopic (exact) mass is 209 g/mol. The van der Waals surface area contributed by atoms with Gasteiger partial charge in [-0.05, 0) is 28.5 Å². The first-order chi connectivity index (χ1) is 7.25. The van der Waals surface area contributed by atoms with E-state index in [0.29, 0.717) is 5.69 Å². The molecule has 0 saturated heterocycles. The lowest BCUT2D eigenvalue weighted by Crippen LogP contribution is -2.05. The summed E-state index contributed by atoms with van der Waals surface area (Å²) in [6.45, 7) is 2.87. The van der Waals surface area contributed by atoms with Crippen molar-refractivity contribution in [1.82, 2.24) is 4.98 Å². The second kappa shape index (κ2) is 5.95. The van der Waals surface area contributed by atoms with E-state index in [4.69, 9.17) is 0 Å². The maximum atomic E-state index is 10.6. The molecule has 0 atom stereocenters. The number of hydrogen-bond acceptors (Lipinski definition) is 4. The van der Waals surface area contributed by atoms with Crippen molar-refractivity contribution in [1.29, 1.82) is 0 Å². The van der Waals surface area contributed by atoms with Gasteiger partial charge in [0.25, 0.3) is 0 Å². The van der Waals surface area contributed by atoms with E-state index in [0.717, 1.165) is 25.8 Å². The molecule has 0 bridgehead atoms. The van der Waals surface area contributed by atoms with Crippen molar-refractivity contribution < 1.29 is 4.92 Å². The van der Waals surface area contributed by atoms with Crippen LogP contribution in [0.25, 0.3) is 0 Å². The summed E-state index contributed by atoms with van der Waals surface area (Å²) < 4.78 is 0. The lowest BCUT2D eigenvalue weighted by Gasteiger charge is -2.05. The molecule has 1 rings (SSSR count). The maximum absolute atomic E-state index is 10.6. The molecule has 1 heterocycles. The molecule has 1 aromatic heterocycles. The second-order valence-electron chi connectivity index (χ2n) is 3.27. The zero-order chi connectivity index (χ0) is 11.1. The van der Waals surface area contributed by atoms with Crippen LogP contribution in [0.5, 0.6) is 0 Å². The van der Waals surface area contributed by atoms with Gasteiger partial charge >= 0.3 is 5.82 Å². The van der Waals surface area contributed by atoms with Gasteiger partial charge in [-0.15, -0.1) is 0 Å². The number of pyridine rings is 1. The van der Waals surface area contributed by atoms with Crippen LogP contribution in [0, 0.1) is 10.1 Å². The van der Waals surface area contributed by atoms with Gasteiger partial charge in [-0.1, -0.05) is 19.8 Å². The van der Waals surface area contributed by atoms with Gasteiger partial charge in [-0.3, -0.25) is 0 Å². The number of nitrogens with zero attached hydrogens (tertiary/aromatic N) is 2. The average Bonchev–Trinajstić information content (AvgIpc) is 2.25.